The molecule has 2 N–H and O–H groups in total. The monoisotopic (exact) mass is 304 g/mol. The number of rotatable bonds is 7. The predicted molar refractivity (Wildman–Crippen MR) is 91.7 cm³/mol. The molecule has 0 bridgehead atoms. The van der Waals surface area contributed by atoms with Gasteiger partial charge in [-0.3, -0.25) is 0 Å². The molecule has 1 heterocycles. The molecule has 1 unspecified atom stereocenters. The highest BCUT2D eigenvalue weighted by Gasteiger charge is 2.21. The molecule has 0 radical (unpaired) electrons. The van der Waals surface area contributed by atoms with Crippen LogP contribution in [0.3, 0.4) is 0 Å². The Morgan fingerprint density at radius 3 is 2.86 bits per heavy atom. The molecular formula is C17H28N4O. The van der Waals surface area contributed by atoms with Gasteiger partial charge in [-0.05, 0) is 32.1 Å². The summed E-state index contributed by atoms with van der Waals surface area (Å²) in [6, 6.07) is 8.23. The maximum atomic E-state index is 5.92. The van der Waals surface area contributed by atoms with E-state index < -0.39 is 0 Å². The van der Waals surface area contributed by atoms with Gasteiger partial charge in [0.15, 0.2) is 5.96 Å². The van der Waals surface area contributed by atoms with Crippen LogP contribution in [0.15, 0.2) is 29.3 Å². The molecule has 1 aromatic carbocycles. The number of nitrogens with zero attached hydrogens (tertiary/aromatic N) is 2. The molecular weight excluding hydrogens is 276 g/mol. The molecule has 5 heteroatoms. The minimum absolute atomic E-state index is 0.145. The molecule has 0 amide bonds. The molecule has 0 aliphatic carbocycles. The van der Waals surface area contributed by atoms with E-state index in [2.05, 4.69) is 53.6 Å². The normalized spacial score (nSPS) is 17.3. The number of fused-ring (bicyclic) bond motifs is 1. The van der Waals surface area contributed by atoms with Gasteiger partial charge in [-0.25, -0.2) is 4.99 Å². The summed E-state index contributed by atoms with van der Waals surface area (Å²) in [6.45, 7) is 8.73. The second-order valence-electron chi connectivity index (χ2n) is 5.59. The van der Waals surface area contributed by atoms with Gasteiger partial charge in [-0.2, -0.15) is 0 Å². The second-order valence-corrected chi connectivity index (χ2v) is 5.59. The standard InChI is InChI=1S/C17H28N4O/c1-4-18-17(19-10-11-21(3)5-2)20-13-15-12-14-8-6-7-9-16(14)22-15/h6-9,15H,4-5,10-13H2,1-3H3,(H2,18,19,20). The first kappa shape index (κ1) is 16.6. The minimum atomic E-state index is 0.145. The molecule has 1 aliphatic rings. The number of guanidine groups is 1. The maximum absolute atomic E-state index is 5.92. The van der Waals surface area contributed by atoms with Crippen molar-refractivity contribution in [2.45, 2.75) is 26.4 Å². The third kappa shape index (κ3) is 4.91. The van der Waals surface area contributed by atoms with Crippen LogP contribution in [0.5, 0.6) is 5.75 Å². The van der Waals surface area contributed by atoms with Gasteiger partial charge in [0.25, 0.3) is 0 Å². The van der Waals surface area contributed by atoms with Crippen molar-refractivity contribution in [2.75, 3.05) is 39.8 Å². The zero-order valence-corrected chi connectivity index (χ0v) is 13.9. The van der Waals surface area contributed by atoms with E-state index in [1.807, 2.05) is 12.1 Å². The molecule has 22 heavy (non-hydrogen) atoms. The summed E-state index contributed by atoms with van der Waals surface area (Å²) in [6.07, 6.45) is 1.09. The predicted octanol–water partition coefficient (Wildman–Crippen LogP) is 1.50. The fourth-order valence-electron chi connectivity index (χ4n) is 2.41. The summed E-state index contributed by atoms with van der Waals surface area (Å²) in [4.78, 5) is 6.92. The van der Waals surface area contributed by atoms with E-state index >= 15 is 0 Å². The molecule has 122 valence electrons. The number of benzene rings is 1. The highest BCUT2D eigenvalue weighted by molar-refractivity contribution is 5.79. The summed E-state index contributed by atoms with van der Waals surface area (Å²) in [5, 5.41) is 6.66. The van der Waals surface area contributed by atoms with Crippen LogP contribution in [0.4, 0.5) is 0 Å². The van der Waals surface area contributed by atoms with Crippen LogP contribution in [0.1, 0.15) is 19.4 Å². The highest BCUT2D eigenvalue weighted by atomic mass is 16.5. The number of aliphatic imine (C=N–C) groups is 1. The number of likely N-dealkylation sites (N-methyl/N-ethyl adjacent to an activating group) is 1. The molecule has 0 saturated carbocycles. The lowest BCUT2D eigenvalue weighted by Crippen LogP contribution is -2.41. The van der Waals surface area contributed by atoms with Crippen molar-refractivity contribution in [3.8, 4) is 5.75 Å². The first-order valence-corrected chi connectivity index (χ1v) is 8.18. The molecule has 2 rings (SSSR count). The van der Waals surface area contributed by atoms with Crippen LogP contribution in [0.2, 0.25) is 0 Å². The smallest absolute Gasteiger partial charge is 0.191 e. The molecule has 1 aromatic rings. The number of hydrogen-bond acceptors (Lipinski definition) is 3. The van der Waals surface area contributed by atoms with Gasteiger partial charge in [0, 0.05) is 26.1 Å². The fraction of sp³-hybridized carbons (Fsp3) is 0.588. The topological polar surface area (TPSA) is 48.9 Å². The van der Waals surface area contributed by atoms with E-state index in [-0.39, 0.29) is 6.10 Å². The average Bonchev–Trinajstić information content (AvgIpc) is 2.95. The molecule has 0 fully saturated rings. The highest BCUT2D eigenvalue weighted by Crippen LogP contribution is 2.28. The van der Waals surface area contributed by atoms with Crippen molar-refractivity contribution >= 4 is 5.96 Å². The fourth-order valence-corrected chi connectivity index (χ4v) is 2.41. The van der Waals surface area contributed by atoms with E-state index in [0.29, 0.717) is 6.54 Å². The quantitative estimate of drug-likeness (QED) is 0.592. The number of nitrogens with one attached hydrogen (secondary N) is 2. The Morgan fingerprint density at radius 1 is 1.32 bits per heavy atom. The van der Waals surface area contributed by atoms with Crippen molar-refractivity contribution in [2.24, 2.45) is 4.99 Å². The van der Waals surface area contributed by atoms with E-state index in [4.69, 9.17) is 4.74 Å². The van der Waals surface area contributed by atoms with Gasteiger partial charge in [-0.1, -0.05) is 25.1 Å². The first-order chi connectivity index (χ1) is 10.7. The summed E-state index contributed by atoms with van der Waals surface area (Å²) in [7, 11) is 2.12. The zero-order valence-electron chi connectivity index (χ0n) is 13.9. The minimum Gasteiger partial charge on any atom is -0.488 e. The second kappa shape index (κ2) is 8.63. The van der Waals surface area contributed by atoms with Gasteiger partial charge in [-0.15, -0.1) is 0 Å². The van der Waals surface area contributed by atoms with Gasteiger partial charge in [0.2, 0.25) is 0 Å². The van der Waals surface area contributed by atoms with E-state index in [9.17, 15) is 0 Å². The Bertz CT molecular complexity index is 464. The van der Waals surface area contributed by atoms with Crippen LogP contribution in [-0.4, -0.2) is 56.7 Å². The SMILES string of the molecule is CCNC(=NCC1Cc2ccccc2O1)NCCN(C)CC. The molecule has 0 saturated heterocycles. The lowest BCUT2D eigenvalue weighted by Gasteiger charge is -2.17. The summed E-state index contributed by atoms with van der Waals surface area (Å²) < 4.78 is 5.92. The van der Waals surface area contributed by atoms with Crippen molar-refractivity contribution in [1.82, 2.24) is 15.5 Å². The molecule has 0 spiro atoms. The van der Waals surface area contributed by atoms with Crippen LogP contribution in [0, 0.1) is 0 Å². The molecule has 1 atom stereocenters. The van der Waals surface area contributed by atoms with Gasteiger partial charge in [0.1, 0.15) is 11.9 Å². The summed E-state index contributed by atoms with van der Waals surface area (Å²) in [5.41, 5.74) is 1.28. The van der Waals surface area contributed by atoms with Crippen molar-refractivity contribution in [3.05, 3.63) is 29.8 Å². The third-order valence-corrected chi connectivity index (χ3v) is 3.84. The molecule has 1 aliphatic heterocycles. The van der Waals surface area contributed by atoms with Gasteiger partial charge < -0.3 is 20.3 Å². The van der Waals surface area contributed by atoms with E-state index in [0.717, 1.165) is 44.3 Å². The van der Waals surface area contributed by atoms with Crippen molar-refractivity contribution in [1.29, 1.82) is 0 Å². The van der Waals surface area contributed by atoms with Crippen LogP contribution >= 0.6 is 0 Å². The molecule has 0 aromatic heterocycles. The number of hydrogen-bond donors (Lipinski definition) is 2. The largest absolute Gasteiger partial charge is 0.488 e. The van der Waals surface area contributed by atoms with Gasteiger partial charge in [0.05, 0.1) is 6.54 Å². The van der Waals surface area contributed by atoms with Crippen molar-refractivity contribution in [3.63, 3.8) is 0 Å². The van der Waals surface area contributed by atoms with E-state index in [1.54, 1.807) is 0 Å². The average molecular weight is 304 g/mol. The van der Waals surface area contributed by atoms with Crippen LogP contribution in [-0.2, 0) is 6.42 Å². The van der Waals surface area contributed by atoms with Crippen LogP contribution < -0.4 is 15.4 Å². The number of para-hydroxylation sites is 1. The lowest BCUT2D eigenvalue weighted by atomic mass is 10.1. The van der Waals surface area contributed by atoms with E-state index in [1.165, 1.54) is 5.56 Å². The van der Waals surface area contributed by atoms with Crippen molar-refractivity contribution < 1.29 is 4.74 Å². The molecule has 5 nitrogen and oxygen atoms in total. The maximum Gasteiger partial charge on any atom is 0.191 e. The lowest BCUT2D eigenvalue weighted by molar-refractivity contribution is 0.241. The summed E-state index contributed by atoms with van der Waals surface area (Å²) in [5.74, 6) is 1.87. The summed E-state index contributed by atoms with van der Waals surface area (Å²) >= 11 is 0. The first-order valence-electron chi connectivity index (χ1n) is 8.18. The Morgan fingerprint density at radius 2 is 2.14 bits per heavy atom. The Kier molecular flexibility index (Phi) is 6.52. The Balaban J connectivity index is 1.81. The van der Waals surface area contributed by atoms with Crippen LogP contribution in [0.25, 0.3) is 0 Å². The Hall–Kier alpha value is -1.75. The number of ether oxygens (including phenoxy) is 1. The van der Waals surface area contributed by atoms with Gasteiger partial charge >= 0.3 is 0 Å². The third-order valence-electron chi connectivity index (χ3n) is 3.84. The zero-order chi connectivity index (χ0) is 15.8. The Labute approximate surface area is 133 Å².